The van der Waals surface area contributed by atoms with Crippen molar-refractivity contribution in [1.29, 1.82) is 0 Å². The predicted octanol–water partition coefficient (Wildman–Crippen LogP) is 2.58. The summed E-state index contributed by atoms with van der Waals surface area (Å²) >= 11 is 1.81. The Labute approximate surface area is 174 Å². The van der Waals surface area contributed by atoms with Crippen LogP contribution >= 0.6 is 11.3 Å². The number of piperidine rings is 1. The molecular weight excluding hydrogens is 386 g/mol. The molecule has 29 heavy (non-hydrogen) atoms. The quantitative estimate of drug-likeness (QED) is 0.779. The van der Waals surface area contributed by atoms with Gasteiger partial charge in [-0.05, 0) is 41.5 Å². The standard InChI is InChI=1S/C22H25N3O3S/c26-20-12-17(15-25(20)14-16-2-1-7-23-13-16)21(27)24-8-5-22(6-9-24)18-4-11-29-19(18)3-10-28-22/h1-2,4,7,11,13,17H,3,5-6,8-10,12,14-15H2. The number of carbonyl (C=O) groups is 2. The number of rotatable bonds is 3. The van der Waals surface area contributed by atoms with Crippen LogP contribution < -0.4 is 0 Å². The van der Waals surface area contributed by atoms with Gasteiger partial charge in [0.1, 0.15) is 0 Å². The topological polar surface area (TPSA) is 62.7 Å². The van der Waals surface area contributed by atoms with Crippen molar-refractivity contribution in [2.45, 2.75) is 37.8 Å². The summed E-state index contributed by atoms with van der Waals surface area (Å²) in [4.78, 5) is 34.8. The average Bonchev–Trinajstić information content (AvgIpc) is 3.37. The number of thiophene rings is 1. The number of amides is 2. The fraction of sp³-hybridized carbons (Fsp3) is 0.500. The minimum absolute atomic E-state index is 0.0548. The van der Waals surface area contributed by atoms with E-state index in [1.807, 2.05) is 28.4 Å². The van der Waals surface area contributed by atoms with E-state index in [9.17, 15) is 9.59 Å². The Bertz CT molecular complexity index is 905. The molecule has 0 bridgehead atoms. The second-order valence-electron chi connectivity index (χ2n) is 8.21. The van der Waals surface area contributed by atoms with Gasteiger partial charge in [0.15, 0.2) is 0 Å². The summed E-state index contributed by atoms with van der Waals surface area (Å²) in [6.07, 6.45) is 6.47. The van der Waals surface area contributed by atoms with Crippen molar-refractivity contribution in [3.8, 4) is 0 Å². The van der Waals surface area contributed by atoms with E-state index in [1.54, 1.807) is 17.3 Å². The van der Waals surface area contributed by atoms with Crippen molar-refractivity contribution in [3.63, 3.8) is 0 Å². The van der Waals surface area contributed by atoms with E-state index in [-0.39, 0.29) is 23.3 Å². The van der Waals surface area contributed by atoms with Crippen molar-refractivity contribution in [2.24, 2.45) is 5.92 Å². The minimum atomic E-state index is -0.239. The second-order valence-corrected chi connectivity index (χ2v) is 9.21. The highest BCUT2D eigenvalue weighted by atomic mass is 32.1. The van der Waals surface area contributed by atoms with Gasteiger partial charge in [0.05, 0.1) is 18.1 Å². The van der Waals surface area contributed by atoms with E-state index in [2.05, 4.69) is 16.4 Å². The van der Waals surface area contributed by atoms with Gasteiger partial charge in [-0.15, -0.1) is 11.3 Å². The summed E-state index contributed by atoms with van der Waals surface area (Å²) in [6.45, 7) is 3.18. The maximum atomic E-state index is 13.1. The number of hydrogen-bond donors (Lipinski definition) is 0. The van der Waals surface area contributed by atoms with Crippen LogP contribution in [0.2, 0.25) is 0 Å². The van der Waals surface area contributed by atoms with Gasteiger partial charge < -0.3 is 14.5 Å². The number of pyridine rings is 1. The highest BCUT2D eigenvalue weighted by molar-refractivity contribution is 7.10. The molecule has 7 heteroatoms. The molecule has 0 saturated carbocycles. The molecule has 3 aliphatic rings. The highest BCUT2D eigenvalue weighted by Crippen LogP contribution is 2.43. The van der Waals surface area contributed by atoms with Crippen LogP contribution in [0, 0.1) is 5.92 Å². The van der Waals surface area contributed by atoms with E-state index in [0.717, 1.165) is 31.4 Å². The van der Waals surface area contributed by atoms with Crippen LogP contribution in [0.15, 0.2) is 36.0 Å². The third-order valence-electron chi connectivity index (χ3n) is 6.49. The molecule has 1 unspecified atom stereocenters. The monoisotopic (exact) mass is 411 g/mol. The Morgan fingerprint density at radius 1 is 1.31 bits per heavy atom. The molecule has 2 fully saturated rings. The average molecular weight is 412 g/mol. The van der Waals surface area contributed by atoms with Crippen LogP contribution in [0.25, 0.3) is 0 Å². The third kappa shape index (κ3) is 3.46. The lowest BCUT2D eigenvalue weighted by Gasteiger charge is -2.44. The van der Waals surface area contributed by atoms with Crippen molar-refractivity contribution in [3.05, 3.63) is 52.0 Å². The van der Waals surface area contributed by atoms with E-state index in [0.29, 0.717) is 32.6 Å². The molecule has 0 radical (unpaired) electrons. The molecule has 1 atom stereocenters. The van der Waals surface area contributed by atoms with Crippen LogP contribution in [-0.4, -0.2) is 52.8 Å². The van der Waals surface area contributed by atoms with Gasteiger partial charge in [0, 0.05) is 56.3 Å². The lowest BCUT2D eigenvalue weighted by molar-refractivity contribution is -0.144. The zero-order valence-corrected chi connectivity index (χ0v) is 17.2. The van der Waals surface area contributed by atoms with Crippen LogP contribution in [0.3, 0.4) is 0 Å². The molecule has 6 nitrogen and oxygen atoms in total. The summed E-state index contributed by atoms with van der Waals surface area (Å²) < 4.78 is 6.25. The lowest BCUT2D eigenvalue weighted by Crippen LogP contribution is -2.49. The molecule has 1 spiro atoms. The molecule has 2 aromatic rings. The smallest absolute Gasteiger partial charge is 0.227 e. The van der Waals surface area contributed by atoms with Crippen molar-refractivity contribution >= 4 is 23.2 Å². The molecule has 3 aliphatic heterocycles. The van der Waals surface area contributed by atoms with Crippen molar-refractivity contribution in [2.75, 3.05) is 26.2 Å². The Morgan fingerprint density at radius 3 is 2.97 bits per heavy atom. The summed E-state index contributed by atoms with van der Waals surface area (Å²) in [7, 11) is 0. The SMILES string of the molecule is O=C1CC(C(=O)N2CCC3(CC2)OCCc2sccc23)CN1Cc1cccnc1. The molecule has 152 valence electrons. The fourth-order valence-corrected chi connectivity index (χ4v) is 5.87. The van der Waals surface area contributed by atoms with Crippen LogP contribution in [0.5, 0.6) is 0 Å². The zero-order chi connectivity index (χ0) is 19.8. The Morgan fingerprint density at radius 2 is 2.17 bits per heavy atom. The molecule has 5 heterocycles. The van der Waals surface area contributed by atoms with Crippen LogP contribution in [0.4, 0.5) is 0 Å². The first-order valence-corrected chi connectivity index (χ1v) is 11.2. The van der Waals surface area contributed by atoms with E-state index >= 15 is 0 Å². The first kappa shape index (κ1) is 18.8. The zero-order valence-electron chi connectivity index (χ0n) is 16.4. The molecular formula is C22H25N3O3S. The van der Waals surface area contributed by atoms with Gasteiger partial charge in [-0.3, -0.25) is 14.6 Å². The van der Waals surface area contributed by atoms with Gasteiger partial charge in [0.25, 0.3) is 0 Å². The number of aromatic nitrogens is 1. The number of carbonyl (C=O) groups excluding carboxylic acids is 2. The first-order valence-electron chi connectivity index (χ1n) is 10.3. The molecule has 0 aliphatic carbocycles. The van der Waals surface area contributed by atoms with Gasteiger partial charge in [0.2, 0.25) is 11.8 Å². The molecule has 2 aromatic heterocycles. The Kier molecular flexibility index (Phi) is 4.87. The Hall–Kier alpha value is -2.25. The van der Waals surface area contributed by atoms with Crippen LogP contribution in [-0.2, 0) is 32.9 Å². The summed E-state index contributed by atoms with van der Waals surface area (Å²) in [5.41, 5.74) is 2.11. The third-order valence-corrected chi connectivity index (χ3v) is 7.47. The van der Waals surface area contributed by atoms with Crippen molar-refractivity contribution < 1.29 is 14.3 Å². The summed E-state index contributed by atoms with van der Waals surface area (Å²) in [5.74, 6) is -0.0698. The van der Waals surface area contributed by atoms with E-state index in [1.165, 1.54) is 10.4 Å². The second kappa shape index (κ2) is 7.54. The molecule has 0 aromatic carbocycles. The van der Waals surface area contributed by atoms with E-state index < -0.39 is 0 Å². The molecule has 2 saturated heterocycles. The number of hydrogen-bond acceptors (Lipinski definition) is 5. The minimum Gasteiger partial charge on any atom is -0.370 e. The van der Waals surface area contributed by atoms with Gasteiger partial charge in [-0.25, -0.2) is 0 Å². The van der Waals surface area contributed by atoms with Gasteiger partial charge in [-0.2, -0.15) is 0 Å². The maximum Gasteiger partial charge on any atom is 0.227 e. The predicted molar refractivity (Wildman–Crippen MR) is 109 cm³/mol. The molecule has 0 N–H and O–H groups in total. The highest BCUT2D eigenvalue weighted by Gasteiger charge is 2.44. The number of likely N-dealkylation sites (tertiary alicyclic amines) is 2. The number of ether oxygens (including phenoxy) is 1. The Balaban J connectivity index is 1.21. The first-order chi connectivity index (χ1) is 14.1. The molecule has 2 amide bonds. The maximum absolute atomic E-state index is 13.1. The normalized spacial score (nSPS) is 23.4. The van der Waals surface area contributed by atoms with Gasteiger partial charge in [-0.1, -0.05) is 6.07 Å². The largest absolute Gasteiger partial charge is 0.370 e. The lowest BCUT2D eigenvalue weighted by atomic mass is 9.82. The molecule has 5 rings (SSSR count). The van der Waals surface area contributed by atoms with Gasteiger partial charge >= 0.3 is 0 Å². The van der Waals surface area contributed by atoms with Crippen LogP contribution in [0.1, 0.15) is 35.3 Å². The fourth-order valence-electron chi connectivity index (χ4n) is 4.92. The summed E-state index contributed by atoms with van der Waals surface area (Å²) in [5, 5.41) is 2.15. The number of nitrogens with zero attached hydrogens (tertiary/aromatic N) is 3. The summed E-state index contributed by atoms with van der Waals surface area (Å²) in [6, 6.07) is 6.03. The number of fused-ring (bicyclic) bond motifs is 2. The van der Waals surface area contributed by atoms with Crippen molar-refractivity contribution in [1.82, 2.24) is 14.8 Å². The van der Waals surface area contributed by atoms with E-state index in [4.69, 9.17) is 4.74 Å².